The molecule has 2 rings (SSSR count). The van der Waals surface area contributed by atoms with Crippen molar-refractivity contribution in [2.45, 2.75) is 90.4 Å². The molecule has 1 aromatic carbocycles. The molecule has 154 valence electrons. The van der Waals surface area contributed by atoms with Crippen LogP contribution in [-0.4, -0.2) is 23.3 Å². The van der Waals surface area contributed by atoms with Gasteiger partial charge in [-0.3, -0.25) is 14.5 Å². The molecule has 1 heterocycles. The van der Waals surface area contributed by atoms with E-state index in [0.29, 0.717) is 17.7 Å². The van der Waals surface area contributed by atoms with Crippen LogP contribution in [0.3, 0.4) is 0 Å². The van der Waals surface area contributed by atoms with Gasteiger partial charge in [0.05, 0.1) is 11.1 Å². The highest BCUT2D eigenvalue weighted by molar-refractivity contribution is 6.21. The Morgan fingerprint density at radius 3 is 1.64 bits per heavy atom. The summed E-state index contributed by atoms with van der Waals surface area (Å²) in [7, 11) is 0. The summed E-state index contributed by atoms with van der Waals surface area (Å²) in [6.07, 6.45) is 21.4. The Labute approximate surface area is 171 Å². The maximum Gasteiger partial charge on any atom is 0.261 e. The van der Waals surface area contributed by atoms with Crippen molar-refractivity contribution in [1.29, 1.82) is 0 Å². The van der Waals surface area contributed by atoms with Gasteiger partial charge in [-0.05, 0) is 25.0 Å². The molecule has 1 aliphatic heterocycles. The first-order valence-corrected chi connectivity index (χ1v) is 11.4. The minimum Gasteiger partial charge on any atom is -0.270 e. The van der Waals surface area contributed by atoms with E-state index in [1.807, 2.05) is 6.08 Å². The molecule has 0 radical (unpaired) electrons. The second-order valence-corrected chi connectivity index (χ2v) is 7.92. The van der Waals surface area contributed by atoms with Crippen molar-refractivity contribution in [2.75, 3.05) is 6.54 Å². The molecule has 0 atom stereocenters. The number of hydrogen-bond donors (Lipinski definition) is 0. The number of unbranched alkanes of at least 4 members (excludes halogenated alkanes) is 12. The second kappa shape index (κ2) is 13.3. The minimum atomic E-state index is -0.171. The normalized spacial score (nSPS) is 13.7. The molecule has 0 unspecified atom stereocenters. The quantitative estimate of drug-likeness (QED) is 0.187. The SMILES string of the molecule is CCCCCCCCCCCCCCC=CCN1C(=O)c2ccccc2C1=O. The molecule has 0 aliphatic carbocycles. The van der Waals surface area contributed by atoms with Crippen LogP contribution in [0, 0.1) is 0 Å². The molecule has 0 spiro atoms. The molecule has 1 aromatic rings. The fourth-order valence-electron chi connectivity index (χ4n) is 3.81. The zero-order chi connectivity index (χ0) is 20.0. The average molecular weight is 384 g/mol. The molecule has 2 amide bonds. The van der Waals surface area contributed by atoms with E-state index in [0.717, 1.165) is 6.42 Å². The maximum atomic E-state index is 12.3. The molecule has 3 heteroatoms. The van der Waals surface area contributed by atoms with Gasteiger partial charge in [-0.1, -0.05) is 102 Å². The Bertz CT molecular complexity index is 600. The molecular formula is C25H37NO2. The van der Waals surface area contributed by atoms with Crippen LogP contribution in [0.1, 0.15) is 111 Å². The van der Waals surface area contributed by atoms with Crippen LogP contribution in [0.2, 0.25) is 0 Å². The summed E-state index contributed by atoms with van der Waals surface area (Å²) in [5, 5.41) is 0. The lowest BCUT2D eigenvalue weighted by molar-refractivity contribution is 0.0672. The molecule has 0 saturated carbocycles. The third-order valence-electron chi connectivity index (χ3n) is 5.56. The summed E-state index contributed by atoms with van der Waals surface area (Å²) in [6, 6.07) is 7.06. The standard InChI is InChI=1S/C25H37NO2/c1-2-3-4-5-6-7-8-9-10-11-12-13-14-15-18-21-26-24(27)22-19-16-17-20-23(22)25(26)28/h15-20H,2-14,21H2,1H3. The number of imide groups is 1. The molecule has 0 N–H and O–H groups in total. The number of amides is 2. The minimum absolute atomic E-state index is 0.171. The monoisotopic (exact) mass is 383 g/mol. The number of allylic oxidation sites excluding steroid dienone is 1. The van der Waals surface area contributed by atoms with Gasteiger partial charge in [0.25, 0.3) is 11.8 Å². The molecule has 0 fully saturated rings. The second-order valence-electron chi connectivity index (χ2n) is 7.92. The van der Waals surface area contributed by atoms with Crippen LogP contribution in [0.15, 0.2) is 36.4 Å². The van der Waals surface area contributed by atoms with Crippen molar-refractivity contribution in [3.8, 4) is 0 Å². The highest BCUT2D eigenvalue weighted by Crippen LogP contribution is 2.22. The number of hydrogen-bond acceptors (Lipinski definition) is 2. The van der Waals surface area contributed by atoms with E-state index in [1.54, 1.807) is 24.3 Å². The van der Waals surface area contributed by atoms with Gasteiger partial charge in [-0.2, -0.15) is 0 Å². The van der Waals surface area contributed by atoms with E-state index in [2.05, 4.69) is 13.0 Å². The zero-order valence-corrected chi connectivity index (χ0v) is 17.6. The first kappa shape index (κ1) is 22.4. The van der Waals surface area contributed by atoms with Crippen LogP contribution in [0.5, 0.6) is 0 Å². The Balaban J connectivity index is 1.45. The fraction of sp³-hybridized carbons (Fsp3) is 0.600. The maximum absolute atomic E-state index is 12.3. The number of carbonyl (C=O) groups is 2. The van der Waals surface area contributed by atoms with E-state index in [-0.39, 0.29) is 11.8 Å². The Hall–Kier alpha value is -1.90. The largest absolute Gasteiger partial charge is 0.270 e. The number of nitrogens with zero attached hydrogens (tertiary/aromatic N) is 1. The Morgan fingerprint density at radius 1 is 0.679 bits per heavy atom. The van der Waals surface area contributed by atoms with E-state index in [4.69, 9.17) is 0 Å². The van der Waals surface area contributed by atoms with Crippen LogP contribution >= 0.6 is 0 Å². The molecule has 0 aromatic heterocycles. The predicted molar refractivity (Wildman–Crippen MR) is 117 cm³/mol. The summed E-state index contributed by atoms with van der Waals surface area (Å²) in [6.45, 7) is 2.65. The van der Waals surface area contributed by atoms with Crippen molar-refractivity contribution < 1.29 is 9.59 Å². The third kappa shape index (κ3) is 7.26. The Kier molecular flexibility index (Phi) is 10.6. The fourth-order valence-corrected chi connectivity index (χ4v) is 3.81. The number of rotatable bonds is 15. The zero-order valence-electron chi connectivity index (χ0n) is 17.6. The number of carbonyl (C=O) groups excluding carboxylic acids is 2. The molecule has 0 bridgehead atoms. The summed E-state index contributed by atoms with van der Waals surface area (Å²) < 4.78 is 0. The Morgan fingerprint density at radius 2 is 1.14 bits per heavy atom. The van der Waals surface area contributed by atoms with Crippen LogP contribution < -0.4 is 0 Å². The van der Waals surface area contributed by atoms with Crippen LogP contribution in [0.4, 0.5) is 0 Å². The third-order valence-corrected chi connectivity index (χ3v) is 5.56. The molecule has 28 heavy (non-hydrogen) atoms. The summed E-state index contributed by atoms with van der Waals surface area (Å²) >= 11 is 0. The van der Waals surface area contributed by atoms with Gasteiger partial charge in [0.2, 0.25) is 0 Å². The van der Waals surface area contributed by atoms with Crippen molar-refractivity contribution in [3.63, 3.8) is 0 Å². The van der Waals surface area contributed by atoms with Gasteiger partial charge in [-0.15, -0.1) is 0 Å². The highest BCUT2D eigenvalue weighted by atomic mass is 16.2. The predicted octanol–water partition coefficient (Wildman–Crippen LogP) is 6.93. The number of fused-ring (bicyclic) bond motifs is 1. The summed E-state index contributed by atoms with van der Waals surface area (Å²) in [5.41, 5.74) is 1.06. The van der Waals surface area contributed by atoms with Gasteiger partial charge in [0.15, 0.2) is 0 Å². The lowest BCUT2D eigenvalue weighted by atomic mass is 10.0. The van der Waals surface area contributed by atoms with Crippen LogP contribution in [0.25, 0.3) is 0 Å². The van der Waals surface area contributed by atoms with E-state index >= 15 is 0 Å². The molecular weight excluding hydrogens is 346 g/mol. The van der Waals surface area contributed by atoms with Crippen molar-refractivity contribution in [2.24, 2.45) is 0 Å². The van der Waals surface area contributed by atoms with Gasteiger partial charge in [0, 0.05) is 6.54 Å². The van der Waals surface area contributed by atoms with Gasteiger partial charge < -0.3 is 0 Å². The van der Waals surface area contributed by atoms with Crippen molar-refractivity contribution >= 4 is 11.8 Å². The molecule has 3 nitrogen and oxygen atoms in total. The molecule has 0 saturated heterocycles. The van der Waals surface area contributed by atoms with E-state index < -0.39 is 0 Å². The topological polar surface area (TPSA) is 37.4 Å². The van der Waals surface area contributed by atoms with Gasteiger partial charge in [0.1, 0.15) is 0 Å². The van der Waals surface area contributed by atoms with Crippen LogP contribution in [-0.2, 0) is 0 Å². The smallest absolute Gasteiger partial charge is 0.261 e. The van der Waals surface area contributed by atoms with Crippen molar-refractivity contribution in [1.82, 2.24) is 4.90 Å². The lowest BCUT2D eigenvalue weighted by Crippen LogP contribution is -2.29. The first-order chi connectivity index (χ1) is 13.8. The summed E-state index contributed by atoms with van der Waals surface area (Å²) in [5.74, 6) is -0.341. The lowest BCUT2D eigenvalue weighted by Gasteiger charge is -2.10. The van der Waals surface area contributed by atoms with E-state index in [1.165, 1.54) is 81.9 Å². The highest BCUT2D eigenvalue weighted by Gasteiger charge is 2.33. The van der Waals surface area contributed by atoms with Gasteiger partial charge in [-0.25, -0.2) is 0 Å². The first-order valence-electron chi connectivity index (χ1n) is 11.4. The van der Waals surface area contributed by atoms with Gasteiger partial charge >= 0.3 is 0 Å². The van der Waals surface area contributed by atoms with E-state index in [9.17, 15) is 9.59 Å². The van der Waals surface area contributed by atoms with Crippen molar-refractivity contribution in [3.05, 3.63) is 47.5 Å². The average Bonchev–Trinajstić information content (AvgIpc) is 2.96. The summed E-state index contributed by atoms with van der Waals surface area (Å²) in [4.78, 5) is 25.9. The number of benzene rings is 1. The molecule has 1 aliphatic rings.